The Morgan fingerprint density at radius 3 is 2.18 bits per heavy atom. The van der Waals surface area contributed by atoms with Crippen LogP contribution < -0.4 is 0 Å². The summed E-state index contributed by atoms with van der Waals surface area (Å²) in [5, 5.41) is 9.12. The first kappa shape index (κ1) is 32.2. The molecular formula is C37H43N5O2. The van der Waals surface area contributed by atoms with Crippen molar-refractivity contribution in [3.05, 3.63) is 124 Å². The van der Waals surface area contributed by atoms with Crippen LogP contribution in [0, 0.1) is 11.3 Å². The standard InChI is InChI=1S/C37H43N5O2/c1-28(2)10-8-11-29(3)12-9-13-30(4)16-21-35-36(43)42(25-32-14-6-5-7-15-32)37(44)41(35)26-34-23-39-27-40(34)24-33-19-17-31(22-38)18-20-33/h5-7,10,12,14-20,23,27,35H,8-9,11,13,21,24-26H2,1-4H3/b29-12+,30-16+. The van der Waals surface area contributed by atoms with Gasteiger partial charge in [0.05, 0.1) is 36.7 Å². The molecule has 7 heteroatoms. The second-order valence-electron chi connectivity index (χ2n) is 11.9. The van der Waals surface area contributed by atoms with Crippen LogP contribution in [-0.4, -0.2) is 37.3 Å². The van der Waals surface area contributed by atoms with E-state index in [4.69, 9.17) is 5.26 Å². The maximum absolute atomic E-state index is 13.8. The van der Waals surface area contributed by atoms with E-state index in [0.29, 0.717) is 18.5 Å². The van der Waals surface area contributed by atoms with Crippen LogP contribution in [0.5, 0.6) is 0 Å². The molecular weight excluding hydrogens is 546 g/mol. The number of rotatable bonds is 14. The fraction of sp³-hybridized carbons (Fsp3) is 0.351. The van der Waals surface area contributed by atoms with Gasteiger partial charge in [0, 0.05) is 12.7 Å². The number of amides is 3. The Labute approximate surface area is 261 Å². The van der Waals surface area contributed by atoms with Crippen LogP contribution in [0.25, 0.3) is 0 Å². The van der Waals surface area contributed by atoms with E-state index in [0.717, 1.165) is 42.5 Å². The van der Waals surface area contributed by atoms with Crippen molar-refractivity contribution in [2.45, 2.75) is 85.5 Å². The summed E-state index contributed by atoms with van der Waals surface area (Å²) >= 11 is 0. The minimum atomic E-state index is -0.583. The highest BCUT2D eigenvalue weighted by Crippen LogP contribution is 2.26. The van der Waals surface area contributed by atoms with E-state index in [9.17, 15) is 9.59 Å². The lowest BCUT2D eigenvalue weighted by Gasteiger charge is -2.22. The molecule has 1 unspecified atom stereocenters. The number of nitrogens with zero attached hydrogens (tertiary/aromatic N) is 5. The number of hydrogen-bond acceptors (Lipinski definition) is 4. The van der Waals surface area contributed by atoms with Gasteiger partial charge < -0.3 is 9.47 Å². The highest BCUT2D eigenvalue weighted by molar-refractivity contribution is 6.04. The SMILES string of the molecule is CC(C)=CCC/C(C)=C/CC/C(C)=C/CC1C(=O)N(Cc2ccccc2)C(=O)N1Cc1cncn1Cc1ccc(C#N)cc1. The fourth-order valence-corrected chi connectivity index (χ4v) is 5.34. The van der Waals surface area contributed by atoms with Crippen molar-refractivity contribution in [1.29, 1.82) is 5.26 Å². The van der Waals surface area contributed by atoms with E-state index in [1.807, 2.05) is 47.0 Å². The molecule has 3 amide bonds. The molecule has 228 valence electrons. The van der Waals surface area contributed by atoms with Crippen LogP contribution >= 0.6 is 0 Å². The molecule has 1 aromatic heterocycles. The molecule has 0 saturated carbocycles. The van der Waals surface area contributed by atoms with Gasteiger partial charge in [0.1, 0.15) is 6.04 Å². The third-order valence-corrected chi connectivity index (χ3v) is 7.97. The molecule has 1 saturated heterocycles. The van der Waals surface area contributed by atoms with E-state index >= 15 is 0 Å². The molecule has 1 aliphatic heterocycles. The zero-order valence-electron chi connectivity index (χ0n) is 26.4. The first-order valence-corrected chi connectivity index (χ1v) is 15.3. The van der Waals surface area contributed by atoms with E-state index < -0.39 is 6.04 Å². The summed E-state index contributed by atoms with van der Waals surface area (Å²) in [5.74, 6) is -0.170. The average Bonchev–Trinajstić information content (AvgIpc) is 3.54. The van der Waals surface area contributed by atoms with Gasteiger partial charge in [-0.2, -0.15) is 5.26 Å². The lowest BCUT2D eigenvalue weighted by Crippen LogP contribution is -2.35. The molecule has 0 bridgehead atoms. The zero-order chi connectivity index (χ0) is 31.5. The quantitative estimate of drug-likeness (QED) is 0.141. The van der Waals surface area contributed by atoms with Gasteiger partial charge in [-0.05, 0) is 83.1 Å². The summed E-state index contributed by atoms with van der Waals surface area (Å²) in [7, 11) is 0. The second kappa shape index (κ2) is 15.7. The molecule has 44 heavy (non-hydrogen) atoms. The van der Waals surface area contributed by atoms with Crippen molar-refractivity contribution in [3.8, 4) is 6.07 Å². The number of aromatic nitrogens is 2. The number of imidazole rings is 1. The van der Waals surface area contributed by atoms with E-state index in [1.54, 1.807) is 29.6 Å². The Morgan fingerprint density at radius 1 is 0.841 bits per heavy atom. The Balaban J connectivity index is 1.48. The van der Waals surface area contributed by atoms with Gasteiger partial charge in [0.15, 0.2) is 0 Å². The highest BCUT2D eigenvalue weighted by Gasteiger charge is 2.44. The molecule has 4 rings (SSSR count). The molecule has 1 fully saturated rings. The predicted octanol–water partition coefficient (Wildman–Crippen LogP) is 7.95. The van der Waals surface area contributed by atoms with Crippen LogP contribution in [-0.2, 0) is 24.4 Å². The van der Waals surface area contributed by atoms with Crippen molar-refractivity contribution in [2.75, 3.05) is 0 Å². The van der Waals surface area contributed by atoms with Gasteiger partial charge in [-0.3, -0.25) is 9.69 Å². The number of carbonyl (C=O) groups excluding carboxylic acids is 2. The van der Waals surface area contributed by atoms with Crippen molar-refractivity contribution >= 4 is 11.9 Å². The largest absolute Gasteiger partial charge is 0.329 e. The van der Waals surface area contributed by atoms with Gasteiger partial charge in [-0.15, -0.1) is 0 Å². The van der Waals surface area contributed by atoms with Gasteiger partial charge >= 0.3 is 6.03 Å². The second-order valence-corrected chi connectivity index (χ2v) is 11.9. The molecule has 1 aliphatic rings. The van der Waals surface area contributed by atoms with Crippen LogP contribution in [0.1, 0.15) is 82.2 Å². The van der Waals surface area contributed by atoms with Crippen molar-refractivity contribution in [2.24, 2.45) is 0 Å². The number of nitriles is 1. The third-order valence-electron chi connectivity index (χ3n) is 7.97. The lowest BCUT2D eigenvalue weighted by atomic mass is 10.0. The summed E-state index contributed by atoms with van der Waals surface area (Å²) in [6.45, 7) is 9.62. The molecule has 0 N–H and O–H groups in total. The maximum atomic E-state index is 13.8. The summed E-state index contributed by atoms with van der Waals surface area (Å²) in [6, 6.07) is 18.3. The normalized spacial score (nSPS) is 15.6. The summed E-state index contributed by atoms with van der Waals surface area (Å²) in [5.41, 5.74) is 7.35. The van der Waals surface area contributed by atoms with Crippen LogP contribution in [0.4, 0.5) is 4.79 Å². The summed E-state index contributed by atoms with van der Waals surface area (Å²) in [4.78, 5) is 34.9. The van der Waals surface area contributed by atoms with Gasteiger partial charge in [0.2, 0.25) is 0 Å². The molecule has 3 aromatic rings. The Bertz CT molecular complexity index is 1550. The number of allylic oxidation sites excluding steroid dienone is 5. The van der Waals surface area contributed by atoms with E-state index in [-0.39, 0.29) is 25.0 Å². The number of urea groups is 1. The molecule has 2 aromatic carbocycles. The Hall–Kier alpha value is -4.70. The molecule has 1 atom stereocenters. The minimum Gasteiger partial charge on any atom is -0.329 e. The highest BCUT2D eigenvalue weighted by atomic mass is 16.2. The van der Waals surface area contributed by atoms with Crippen molar-refractivity contribution < 1.29 is 9.59 Å². The fourth-order valence-electron chi connectivity index (χ4n) is 5.34. The molecule has 7 nitrogen and oxygen atoms in total. The number of carbonyl (C=O) groups is 2. The maximum Gasteiger partial charge on any atom is 0.328 e. The minimum absolute atomic E-state index is 0.170. The van der Waals surface area contributed by atoms with Crippen LogP contribution in [0.3, 0.4) is 0 Å². The van der Waals surface area contributed by atoms with Crippen LogP contribution in [0.2, 0.25) is 0 Å². The van der Waals surface area contributed by atoms with Gasteiger partial charge in [-0.25, -0.2) is 9.78 Å². The molecule has 2 heterocycles. The average molecular weight is 590 g/mol. The molecule has 0 aliphatic carbocycles. The zero-order valence-corrected chi connectivity index (χ0v) is 26.4. The van der Waals surface area contributed by atoms with Crippen LogP contribution in [0.15, 0.2) is 102 Å². The van der Waals surface area contributed by atoms with E-state index in [2.05, 4.69) is 57.0 Å². The van der Waals surface area contributed by atoms with Crippen molar-refractivity contribution in [1.82, 2.24) is 19.4 Å². The summed E-state index contributed by atoms with van der Waals surface area (Å²) < 4.78 is 1.99. The molecule has 0 radical (unpaired) electrons. The molecule has 0 spiro atoms. The monoisotopic (exact) mass is 589 g/mol. The number of benzene rings is 2. The first-order chi connectivity index (χ1) is 21.2. The topological polar surface area (TPSA) is 82.2 Å². The van der Waals surface area contributed by atoms with Crippen molar-refractivity contribution in [3.63, 3.8) is 0 Å². The number of imide groups is 1. The van der Waals surface area contributed by atoms with Gasteiger partial charge in [-0.1, -0.05) is 77.4 Å². The Morgan fingerprint density at radius 2 is 1.50 bits per heavy atom. The van der Waals surface area contributed by atoms with Gasteiger partial charge in [0.25, 0.3) is 5.91 Å². The van der Waals surface area contributed by atoms with E-state index in [1.165, 1.54) is 21.6 Å². The summed E-state index contributed by atoms with van der Waals surface area (Å²) in [6.07, 6.45) is 14.7. The smallest absolute Gasteiger partial charge is 0.328 e. The lowest BCUT2D eigenvalue weighted by molar-refractivity contribution is -0.128. The first-order valence-electron chi connectivity index (χ1n) is 15.3. The predicted molar refractivity (Wildman–Crippen MR) is 174 cm³/mol. The third kappa shape index (κ3) is 8.90. The number of hydrogen-bond donors (Lipinski definition) is 0. The Kier molecular flexibility index (Phi) is 11.5.